The van der Waals surface area contributed by atoms with Gasteiger partial charge in [-0.25, -0.2) is 4.79 Å². The molecule has 2 aromatic carbocycles. The number of carbonyl (C=O) groups excluding carboxylic acids is 1. The van der Waals surface area contributed by atoms with Crippen LogP contribution in [0.2, 0.25) is 0 Å². The molecular weight excluding hydrogens is 406 g/mol. The molecule has 1 amide bonds. The van der Waals surface area contributed by atoms with E-state index < -0.39 is 6.09 Å². The van der Waals surface area contributed by atoms with Crippen LogP contribution in [0.5, 0.6) is 5.75 Å². The Morgan fingerprint density at radius 3 is 2.66 bits per heavy atom. The third kappa shape index (κ3) is 3.88. The number of ether oxygens (including phenoxy) is 3. The van der Waals surface area contributed by atoms with Crippen LogP contribution in [0.1, 0.15) is 38.6 Å². The highest BCUT2D eigenvalue weighted by Gasteiger charge is 2.27. The minimum atomic E-state index is -0.459. The molecule has 168 valence electrons. The number of anilines is 2. The molecule has 1 atom stereocenters. The Kier molecular flexibility index (Phi) is 5.66. The number of nitrogens with two attached hydrogens (primary N) is 1. The van der Waals surface area contributed by atoms with E-state index in [9.17, 15) is 4.79 Å². The van der Waals surface area contributed by atoms with Crippen molar-refractivity contribution in [3.05, 3.63) is 42.5 Å². The number of nitrogen functional groups attached to an aromatic ring is 1. The summed E-state index contributed by atoms with van der Waals surface area (Å²) in [5.74, 6) is 0.828. The van der Waals surface area contributed by atoms with E-state index in [1.54, 1.807) is 0 Å². The van der Waals surface area contributed by atoms with Crippen molar-refractivity contribution >= 4 is 28.4 Å². The summed E-state index contributed by atoms with van der Waals surface area (Å²) in [5, 5.41) is 3.81. The van der Waals surface area contributed by atoms with E-state index in [1.807, 2.05) is 43.3 Å². The number of benzene rings is 2. The van der Waals surface area contributed by atoms with Gasteiger partial charge in [-0.1, -0.05) is 12.1 Å². The lowest BCUT2D eigenvalue weighted by Gasteiger charge is -2.30. The van der Waals surface area contributed by atoms with Gasteiger partial charge in [-0.2, -0.15) is 0 Å². The molecule has 3 aromatic rings. The lowest BCUT2D eigenvalue weighted by molar-refractivity contribution is 0.0932. The molecule has 5 rings (SSSR count). The summed E-state index contributed by atoms with van der Waals surface area (Å²) >= 11 is 0. The quantitative estimate of drug-likeness (QED) is 0.545. The largest absolute Gasteiger partial charge is 0.494 e. The molecule has 1 aromatic heterocycles. The number of amides is 1. The molecule has 32 heavy (non-hydrogen) atoms. The molecule has 3 N–H and O–H groups in total. The third-order valence-electron chi connectivity index (χ3n) is 6.33. The molecule has 1 saturated heterocycles. The number of nitrogens with one attached hydrogen (secondary N) is 1. The molecule has 1 aliphatic carbocycles. The first-order chi connectivity index (χ1) is 15.6. The fourth-order valence-corrected chi connectivity index (χ4v) is 4.51. The topological polar surface area (TPSA) is 87.7 Å². The molecule has 0 bridgehead atoms. The van der Waals surface area contributed by atoms with E-state index in [0.29, 0.717) is 31.5 Å². The summed E-state index contributed by atoms with van der Waals surface area (Å²) < 4.78 is 18.7. The Labute approximate surface area is 187 Å². The standard InChI is InChI=1S/C25H29N3O4/c1-2-31-19-10-11-22-21(14-19)23(26)24(28(22)18-4-3-5-18)16-6-8-17(9-7-16)27-25(29)32-20-12-13-30-15-20/h6-11,14,18,20H,2-5,12-13,15,26H2,1H3,(H,27,29)/t20-/m0/s1. The van der Waals surface area contributed by atoms with Crippen LogP contribution in [0.4, 0.5) is 16.2 Å². The molecule has 1 aliphatic heterocycles. The first-order valence-electron chi connectivity index (χ1n) is 11.4. The summed E-state index contributed by atoms with van der Waals surface area (Å²) in [6.07, 6.45) is 3.65. The summed E-state index contributed by atoms with van der Waals surface area (Å²) in [7, 11) is 0. The molecule has 0 unspecified atom stereocenters. The second-order valence-electron chi connectivity index (χ2n) is 8.42. The smallest absolute Gasteiger partial charge is 0.411 e. The van der Waals surface area contributed by atoms with Gasteiger partial charge < -0.3 is 24.5 Å². The fourth-order valence-electron chi connectivity index (χ4n) is 4.51. The molecule has 7 heteroatoms. The fraction of sp³-hybridized carbons (Fsp3) is 0.400. The Morgan fingerprint density at radius 1 is 1.19 bits per heavy atom. The van der Waals surface area contributed by atoms with Gasteiger partial charge in [0, 0.05) is 29.1 Å². The minimum Gasteiger partial charge on any atom is -0.494 e. The maximum Gasteiger partial charge on any atom is 0.411 e. The Morgan fingerprint density at radius 2 is 2.00 bits per heavy atom. The normalized spacial score (nSPS) is 18.5. The van der Waals surface area contributed by atoms with Crippen molar-refractivity contribution in [2.75, 3.05) is 30.9 Å². The zero-order valence-corrected chi connectivity index (χ0v) is 18.3. The first-order valence-corrected chi connectivity index (χ1v) is 11.4. The highest BCUT2D eigenvalue weighted by Crippen LogP contribution is 2.44. The van der Waals surface area contributed by atoms with E-state index >= 15 is 0 Å². The van der Waals surface area contributed by atoms with Gasteiger partial charge in [0.05, 0.1) is 36.7 Å². The summed E-state index contributed by atoms with van der Waals surface area (Å²) in [5.41, 5.74) is 11.3. The first kappa shape index (κ1) is 20.7. The molecule has 0 radical (unpaired) electrons. The van der Waals surface area contributed by atoms with E-state index in [2.05, 4.69) is 16.0 Å². The molecule has 2 heterocycles. The third-order valence-corrected chi connectivity index (χ3v) is 6.33. The van der Waals surface area contributed by atoms with E-state index in [0.717, 1.165) is 52.9 Å². The lowest BCUT2D eigenvalue weighted by atomic mass is 9.92. The van der Waals surface area contributed by atoms with Crippen LogP contribution in [0.3, 0.4) is 0 Å². The molecule has 1 saturated carbocycles. The Balaban J connectivity index is 1.44. The van der Waals surface area contributed by atoms with Crippen LogP contribution >= 0.6 is 0 Å². The second kappa shape index (κ2) is 8.74. The SMILES string of the molecule is CCOc1ccc2c(c1)c(N)c(-c1ccc(NC(=O)O[C@H]3CCOC3)cc1)n2C1CCC1. The van der Waals surface area contributed by atoms with Gasteiger partial charge in [-0.15, -0.1) is 0 Å². The average molecular weight is 436 g/mol. The maximum absolute atomic E-state index is 12.1. The summed E-state index contributed by atoms with van der Waals surface area (Å²) in [6, 6.07) is 14.4. The van der Waals surface area contributed by atoms with E-state index in [4.69, 9.17) is 19.9 Å². The van der Waals surface area contributed by atoms with Gasteiger partial charge in [0.25, 0.3) is 0 Å². The van der Waals surface area contributed by atoms with Gasteiger partial charge in [-0.05, 0) is 56.5 Å². The number of hydrogen-bond acceptors (Lipinski definition) is 5. The van der Waals surface area contributed by atoms with Crippen LogP contribution in [-0.2, 0) is 9.47 Å². The van der Waals surface area contributed by atoms with Gasteiger partial charge >= 0.3 is 6.09 Å². The number of fused-ring (bicyclic) bond motifs is 1. The highest BCUT2D eigenvalue weighted by molar-refractivity contribution is 6.02. The van der Waals surface area contributed by atoms with Crippen molar-refractivity contribution in [1.29, 1.82) is 0 Å². The minimum absolute atomic E-state index is 0.172. The maximum atomic E-state index is 12.1. The van der Waals surface area contributed by atoms with Crippen LogP contribution < -0.4 is 15.8 Å². The second-order valence-corrected chi connectivity index (χ2v) is 8.42. The van der Waals surface area contributed by atoms with Gasteiger partial charge in [-0.3, -0.25) is 5.32 Å². The molecule has 2 aliphatic rings. The monoisotopic (exact) mass is 435 g/mol. The van der Waals surface area contributed by atoms with Crippen molar-refractivity contribution in [3.8, 4) is 17.0 Å². The number of hydrogen-bond donors (Lipinski definition) is 2. The van der Waals surface area contributed by atoms with Crippen LogP contribution in [0.15, 0.2) is 42.5 Å². The predicted octanol–water partition coefficient (Wildman–Crippen LogP) is 5.35. The van der Waals surface area contributed by atoms with Crippen molar-refractivity contribution in [2.45, 2.75) is 44.8 Å². The molecule has 0 spiro atoms. The van der Waals surface area contributed by atoms with Crippen molar-refractivity contribution < 1.29 is 19.0 Å². The zero-order chi connectivity index (χ0) is 22.1. The molecular formula is C25H29N3O4. The van der Waals surface area contributed by atoms with Gasteiger partial charge in [0.2, 0.25) is 0 Å². The summed E-state index contributed by atoms with van der Waals surface area (Å²) in [4.78, 5) is 12.1. The van der Waals surface area contributed by atoms with Gasteiger partial charge in [0.1, 0.15) is 11.9 Å². The lowest BCUT2D eigenvalue weighted by Crippen LogP contribution is -2.22. The number of carbonyl (C=O) groups is 1. The Hall–Kier alpha value is -3.19. The van der Waals surface area contributed by atoms with Crippen molar-refractivity contribution in [3.63, 3.8) is 0 Å². The van der Waals surface area contributed by atoms with Crippen molar-refractivity contribution in [1.82, 2.24) is 4.57 Å². The number of aromatic nitrogens is 1. The van der Waals surface area contributed by atoms with E-state index in [-0.39, 0.29) is 6.10 Å². The van der Waals surface area contributed by atoms with Crippen LogP contribution in [-0.4, -0.2) is 36.6 Å². The number of nitrogens with zero attached hydrogens (tertiary/aromatic N) is 1. The zero-order valence-electron chi connectivity index (χ0n) is 18.3. The van der Waals surface area contributed by atoms with Crippen LogP contribution in [0.25, 0.3) is 22.2 Å². The average Bonchev–Trinajstić information content (AvgIpc) is 3.35. The van der Waals surface area contributed by atoms with Crippen LogP contribution in [0, 0.1) is 0 Å². The van der Waals surface area contributed by atoms with Crippen molar-refractivity contribution in [2.24, 2.45) is 0 Å². The van der Waals surface area contributed by atoms with E-state index in [1.165, 1.54) is 6.42 Å². The molecule has 7 nitrogen and oxygen atoms in total. The Bertz CT molecular complexity index is 1110. The molecule has 2 fully saturated rings. The summed E-state index contributed by atoms with van der Waals surface area (Å²) in [6.45, 7) is 3.69. The van der Waals surface area contributed by atoms with Gasteiger partial charge in [0.15, 0.2) is 0 Å². The number of rotatable bonds is 6. The predicted molar refractivity (Wildman–Crippen MR) is 125 cm³/mol. The highest BCUT2D eigenvalue weighted by atomic mass is 16.6.